The van der Waals surface area contributed by atoms with Gasteiger partial charge in [-0.05, 0) is 37.7 Å². The average molecular weight is 454 g/mol. The molecule has 1 aromatic carbocycles. The van der Waals surface area contributed by atoms with E-state index in [9.17, 15) is 27.9 Å². The van der Waals surface area contributed by atoms with Crippen LogP contribution in [0.25, 0.3) is 11.0 Å². The molecule has 3 N–H and O–H groups in total. The van der Waals surface area contributed by atoms with Crippen LogP contribution in [0.4, 0.5) is 13.2 Å². The molecule has 1 unspecified atom stereocenters. The fourth-order valence-electron chi connectivity index (χ4n) is 5.04. The Morgan fingerprint density at radius 3 is 2.53 bits per heavy atom. The van der Waals surface area contributed by atoms with Gasteiger partial charge in [0, 0.05) is 51.6 Å². The minimum Gasteiger partial charge on any atom is -0.392 e. The molecular weight excluding hydrogens is 425 g/mol. The first-order valence-corrected chi connectivity index (χ1v) is 11.1. The topological polar surface area (TPSA) is 90.4 Å². The number of aliphatic hydroxyl groups excluding tert-OH is 1. The zero-order valence-electron chi connectivity index (χ0n) is 18.0. The number of nitrogens with one attached hydrogen (secondary N) is 2. The van der Waals surface area contributed by atoms with Crippen LogP contribution in [0.5, 0.6) is 0 Å². The monoisotopic (exact) mass is 454 g/mol. The lowest BCUT2D eigenvalue weighted by Crippen LogP contribution is -2.43. The highest BCUT2D eigenvalue weighted by Gasteiger charge is 2.38. The molecule has 4 rings (SSSR count). The highest BCUT2D eigenvalue weighted by atomic mass is 19.3. The molecule has 1 aromatic heterocycles. The molecule has 176 valence electrons. The Morgan fingerprint density at radius 2 is 1.91 bits per heavy atom. The predicted octanol–water partition coefficient (Wildman–Crippen LogP) is 2.65. The molecule has 1 aliphatic heterocycles. The van der Waals surface area contributed by atoms with Gasteiger partial charge in [-0.3, -0.25) is 9.36 Å². The molecule has 0 spiro atoms. The van der Waals surface area contributed by atoms with Gasteiger partial charge in [0.05, 0.1) is 22.7 Å². The van der Waals surface area contributed by atoms with Gasteiger partial charge in [-0.15, -0.1) is 0 Å². The molecule has 0 radical (unpaired) electrons. The fourth-order valence-corrected chi connectivity index (χ4v) is 5.04. The fraction of sp³-hybridized carbons (Fsp3) is 0.636. The summed E-state index contributed by atoms with van der Waals surface area (Å²) in [5.41, 5.74) is 0.344. The summed E-state index contributed by atoms with van der Waals surface area (Å²) in [6.07, 6.45) is 0.965. The highest BCUT2D eigenvalue weighted by molar-refractivity contribution is 5.97. The van der Waals surface area contributed by atoms with Gasteiger partial charge < -0.3 is 20.3 Å². The number of hydrogen-bond donors (Lipinski definition) is 3. The number of amides is 1. The lowest BCUT2D eigenvalue weighted by Gasteiger charge is -2.37. The summed E-state index contributed by atoms with van der Waals surface area (Å²) < 4.78 is 42.7. The quantitative estimate of drug-likeness (QED) is 0.648. The van der Waals surface area contributed by atoms with E-state index in [2.05, 4.69) is 15.2 Å². The summed E-state index contributed by atoms with van der Waals surface area (Å²) in [7, 11) is 1.41. The molecule has 1 amide bonds. The maximum Gasteiger partial charge on any atom is 0.326 e. The van der Waals surface area contributed by atoms with E-state index in [0.717, 1.165) is 0 Å². The second-order valence-electron chi connectivity index (χ2n) is 9.02. The van der Waals surface area contributed by atoms with Crippen molar-refractivity contribution in [1.82, 2.24) is 19.8 Å². The Labute approximate surface area is 183 Å². The number of halogens is 3. The summed E-state index contributed by atoms with van der Waals surface area (Å²) in [5, 5.41) is 12.9. The lowest BCUT2D eigenvalue weighted by molar-refractivity contribution is -0.0664. The van der Waals surface area contributed by atoms with E-state index in [1.54, 1.807) is 4.57 Å². The number of nitrogens with zero attached hydrogens (tertiary/aromatic N) is 2. The van der Waals surface area contributed by atoms with Crippen LogP contribution >= 0.6 is 0 Å². The Bertz CT molecular complexity index is 1030. The van der Waals surface area contributed by atoms with Crippen molar-refractivity contribution in [2.24, 2.45) is 5.92 Å². The van der Waals surface area contributed by atoms with Crippen molar-refractivity contribution >= 4 is 16.9 Å². The third kappa shape index (κ3) is 4.56. The standard InChI is InChI=1S/C22H29F3N4O3/c1-26-20(31)15-10-17-18(11-16(15)23)29(21(32)27-17)14-4-8-28(9-5-14)12-19(30)13-2-6-22(24,25)7-3-13/h10-11,13-14,19,30H,2-9,12H2,1H3,(H,26,31)(H,27,32). The lowest BCUT2D eigenvalue weighted by atomic mass is 9.83. The minimum atomic E-state index is -2.61. The van der Waals surface area contributed by atoms with E-state index >= 15 is 0 Å². The first kappa shape index (κ1) is 22.8. The van der Waals surface area contributed by atoms with Crippen molar-refractivity contribution in [3.05, 3.63) is 34.0 Å². The normalized spacial score (nSPS) is 21.7. The Balaban J connectivity index is 1.41. The second kappa shape index (κ2) is 8.90. The van der Waals surface area contributed by atoms with Crippen LogP contribution in [-0.4, -0.2) is 64.2 Å². The molecule has 1 atom stereocenters. The van der Waals surface area contributed by atoms with Crippen LogP contribution in [0.3, 0.4) is 0 Å². The number of fused-ring (bicyclic) bond motifs is 1. The number of alkyl halides is 2. The van der Waals surface area contributed by atoms with Gasteiger partial charge in [0.2, 0.25) is 5.92 Å². The van der Waals surface area contributed by atoms with Gasteiger partial charge in [0.1, 0.15) is 5.82 Å². The van der Waals surface area contributed by atoms with Crippen molar-refractivity contribution in [2.45, 2.75) is 56.6 Å². The van der Waals surface area contributed by atoms with Crippen molar-refractivity contribution in [1.29, 1.82) is 0 Å². The molecule has 32 heavy (non-hydrogen) atoms. The largest absolute Gasteiger partial charge is 0.392 e. The zero-order chi connectivity index (χ0) is 23.0. The van der Waals surface area contributed by atoms with Crippen LogP contribution < -0.4 is 11.0 Å². The molecule has 2 aromatic rings. The van der Waals surface area contributed by atoms with Crippen molar-refractivity contribution < 1.29 is 23.1 Å². The van der Waals surface area contributed by atoms with Gasteiger partial charge in [-0.25, -0.2) is 18.0 Å². The van der Waals surface area contributed by atoms with Crippen molar-refractivity contribution in [3.8, 4) is 0 Å². The third-order valence-corrected chi connectivity index (χ3v) is 6.95. The number of β-amino-alcohol motifs (C(OH)–C–C–N with tert-alkyl or cyclic N) is 1. The van der Waals surface area contributed by atoms with Gasteiger partial charge in [-0.1, -0.05) is 0 Å². The summed E-state index contributed by atoms with van der Waals surface area (Å²) in [6, 6.07) is 2.43. The minimum absolute atomic E-state index is 0.110. The number of aliphatic hydroxyl groups is 1. The highest BCUT2D eigenvalue weighted by Crippen LogP contribution is 2.38. The summed E-state index contributed by atoms with van der Waals surface area (Å²) in [5.74, 6) is -3.97. The van der Waals surface area contributed by atoms with Gasteiger partial charge >= 0.3 is 5.69 Å². The molecule has 2 heterocycles. The summed E-state index contributed by atoms with van der Waals surface area (Å²) >= 11 is 0. The first-order chi connectivity index (χ1) is 15.2. The number of likely N-dealkylation sites (tertiary alicyclic amines) is 1. The molecule has 0 bridgehead atoms. The predicted molar refractivity (Wildman–Crippen MR) is 114 cm³/mol. The second-order valence-corrected chi connectivity index (χ2v) is 9.02. The number of benzene rings is 1. The average Bonchev–Trinajstić information content (AvgIpc) is 3.07. The number of H-pyrrole nitrogens is 1. The van der Waals surface area contributed by atoms with Crippen LogP contribution in [0, 0.1) is 11.7 Å². The smallest absolute Gasteiger partial charge is 0.326 e. The maximum atomic E-state index is 14.5. The third-order valence-electron chi connectivity index (χ3n) is 6.95. The number of carbonyl (C=O) groups excluding carboxylic acids is 1. The van der Waals surface area contributed by atoms with Crippen molar-refractivity contribution in [3.63, 3.8) is 0 Å². The molecule has 1 saturated carbocycles. The number of aromatic nitrogens is 2. The van der Waals surface area contributed by atoms with E-state index in [1.165, 1.54) is 19.2 Å². The molecule has 2 aliphatic rings. The summed E-state index contributed by atoms with van der Waals surface area (Å²) in [6.45, 7) is 1.71. The molecule has 10 heteroatoms. The Morgan fingerprint density at radius 1 is 1.25 bits per heavy atom. The zero-order valence-corrected chi connectivity index (χ0v) is 18.0. The Hall–Kier alpha value is -2.33. The maximum absolute atomic E-state index is 14.5. The van der Waals surface area contributed by atoms with E-state index in [0.29, 0.717) is 56.4 Å². The number of imidazole rings is 1. The van der Waals surface area contributed by atoms with E-state index < -0.39 is 23.8 Å². The molecule has 1 aliphatic carbocycles. The molecule has 1 saturated heterocycles. The van der Waals surface area contributed by atoms with Gasteiger partial charge in [0.15, 0.2) is 0 Å². The molecular formula is C22H29F3N4O3. The number of carbonyl (C=O) groups is 1. The number of rotatable bonds is 5. The van der Waals surface area contributed by atoms with E-state index in [4.69, 9.17) is 0 Å². The van der Waals surface area contributed by atoms with Crippen LogP contribution in [0.2, 0.25) is 0 Å². The van der Waals surface area contributed by atoms with Gasteiger partial charge in [-0.2, -0.15) is 0 Å². The molecule has 2 fully saturated rings. The van der Waals surface area contributed by atoms with Crippen LogP contribution in [-0.2, 0) is 0 Å². The Kier molecular flexibility index (Phi) is 6.35. The first-order valence-electron chi connectivity index (χ1n) is 11.1. The molecule has 7 nitrogen and oxygen atoms in total. The van der Waals surface area contributed by atoms with E-state index in [1.807, 2.05) is 0 Å². The van der Waals surface area contributed by atoms with Crippen molar-refractivity contribution in [2.75, 3.05) is 26.7 Å². The number of aromatic amines is 1. The SMILES string of the molecule is CNC(=O)c1cc2[nH]c(=O)n(C3CCN(CC(O)C4CCC(F)(F)CC4)CC3)c2cc1F. The number of piperidine rings is 1. The van der Waals surface area contributed by atoms with E-state index in [-0.39, 0.29) is 36.1 Å². The van der Waals surface area contributed by atoms with Crippen LogP contribution in [0.1, 0.15) is 54.9 Å². The van der Waals surface area contributed by atoms with Gasteiger partial charge in [0.25, 0.3) is 5.91 Å². The summed E-state index contributed by atoms with van der Waals surface area (Å²) in [4.78, 5) is 29.2. The number of hydrogen-bond acceptors (Lipinski definition) is 4. The van der Waals surface area contributed by atoms with Crippen LogP contribution in [0.15, 0.2) is 16.9 Å².